The van der Waals surface area contributed by atoms with E-state index >= 15 is 0 Å². The third-order valence-electron chi connectivity index (χ3n) is 4.51. The van der Waals surface area contributed by atoms with Crippen molar-refractivity contribution in [3.8, 4) is 5.75 Å². The van der Waals surface area contributed by atoms with Crippen LogP contribution in [0.2, 0.25) is 0 Å². The van der Waals surface area contributed by atoms with Crippen molar-refractivity contribution in [3.63, 3.8) is 0 Å². The van der Waals surface area contributed by atoms with Gasteiger partial charge in [0.1, 0.15) is 11.6 Å². The van der Waals surface area contributed by atoms with Gasteiger partial charge in [0.15, 0.2) is 0 Å². The smallest absolute Gasteiger partial charge is 0.387 e. The maximum atomic E-state index is 12.4. The van der Waals surface area contributed by atoms with Crippen LogP contribution in [0.4, 0.5) is 14.6 Å². The van der Waals surface area contributed by atoms with Gasteiger partial charge >= 0.3 is 6.61 Å². The molecule has 0 spiro atoms. The van der Waals surface area contributed by atoms with Crippen LogP contribution in [0.15, 0.2) is 18.3 Å². The zero-order chi connectivity index (χ0) is 16.2. The lowest BCUT2D eigenvalue weighted by molar-refractivity contribution is -0.134. The van der Waals surface area contributed by atoms with E-state index in [-0.39, 0.29) is 23.6 Å². The number of nitrogens with one attached hydrogen (secondary N) is 1. The Morgan fingerprint density at radius 2 is 2.09 bits per heavy atom. The summed E-state index contributed by atoms with van der Waals surface area (Å²) in [4.78, 5) is 18.4. The minimum absolute atomic E-state index is 0.0408. The number of hydrogen-bond donors (Lipinski definition) is 1. The summed E-state index contributed by atoms with van der Waals surface area (Å²) in [7, 11) is 0. The number of hydrogen-bond acceptors (Lipinski definition) is 4. The predicted octanol–water partition coefficient (Wildman–Crippen LogP) is 2.89. The topological polar surface area (TPSA) is 54.5 Å². The molecule has 2 fully saturated rings. The summed E-state index contributed by atoms with van der Waals surface area (Å²) in [6, 6.07) is 3.28. The van der Waals surface area contributed by atoms with Gasteiger partial charge in [0.25, 0.3) is 0 Å². The van der Waals surface area contributed by atoms with Gasteiger partial charge in [-0.25, -0.2) is 4.98 Å². The third kappa shape index (κ3) is 4.09. The quantitative estimate of drug-likeness (QED) is 0.904. The van der Waals surface area contributed by atoms with Gasteiger partial charge in [-0.3, -0.25) is 4.79 Å². The first-order valence-corrected chi connectivity index (χ1v) is 8.08. The molecule has 1 aromatic rings. The maximum Gasteiger partial charge on any atom is 0.387 e. The molecule has 2 atom stereocenters. The number of ether oxygens (including phenoxy) is 1. The molecule has 1 saturated carbocycles. The molecule has 5 nitrogen and oxygen atoms in total. The molecule has 0 radical (unpaired) electrons. The van der Waals surface area contributed by atoms with Crippen LogP contribution in [-0.2, 0) is 4.79 Å². The number of amides is 1. The molecule has 126 valence electrons. The highest BCUT2D eigenvalue weighted by Gasteiger charge is 2.33. The molecule has 1 amide bonds. The van der Waals surface area contributed by atoms with E-state index in [1.54, 1.807) is 6.07 Å². The normalized spacial score (nSPS) is 24.2. The molecule has 7 heteroatoms. The van der Waals surface area contributed by atoms with Gasteiger partial charge in [-0.1, -0.05) is 0 Å². The molecule has 2 aliphatic rings. The average molecular weight is 325 g/mol. The highest BCUT2D eigenvalue weighted by molar-refractivity contribution is 5.79. The summed E-state index contributed by atoms with van der Waals surface area (Å²) in [6.07, 6.45) is 6.09. The fourth-order valence-electron chi connectivity index (χ4n) is 3.38. The van der Waals surface area contributed by atoms with Crippen LogP contribution in [0.25, 0.3) is 0 Å². The largest absolute Gasteiger partial charge is 0.433 e. The molecular weight excluding hydrogens is 304 g/mol. The van der Waals surface area contributed by atoms with E-state index in [1.807, 2.05) is 4.90 Å². The molecular formula is C16H21F2N3O2. The summed E-state index contributed by atoms with van der Waals surface area (Å²) in [6.45, 7) is -1.07. The molecule has 2 heterocycles. The first-order valence-electron chi connectivity index (χ1n) is 8.08. The van der Waals surface area contributed by atoms with Crippen LogP contribution in [0.3, 0.4) is 0 Å². The zero-order valence-electron chi connectivity index (χ0n) is 12.9. The van der Waals surface area contributed by atoms with Crippen LogP contribution >= 0.6 is 0 Å². The average Bonchev–Trinajstić information content (AvgIpc) is 3.19. The number of carbonyl (C=O) groups excluding carboxylic acids is 1. The minimum atomic E-state index is -2.84. The predicted molar refractivity (Wildman–Crippen MR) is 81.4 cm³/mol. The van der Waals surface area contributed by atoms with Crippen molar-refractivity contribution < 1.29 is 18.3 Å². The first kappa shape index (κ1) is 16.0. The molecule has 0 bridgehead atoms. The van der Waals surface area contributed by atoms with Crippen LogP contribution in [0.1, 0.15) is 32.1 Å². The Labute approximate surface area is 134 Å². The van der Waals surface area contributed by atoms with Gasteiger partial charge in [0.2, 0.25) is 5.91 Å². The summed E-state index contributed by atoms with van der Waals surface area (Å²) in [5, 5.41) is 3.27. The highest BCUT2D eigenvalue weighted by Crippen LogP contribution is 2.30. The number of halogens is 2. The van der Waals surface area contributed by atoms with Crippen molar-refractivity contribution in [1.82, 2.24) is 9.88 Å². The second kappa shape index (κ2) is 7.10. The Bertz CT molecular complexity index is 533. The van der Waals surface area contributed by atoms with Gasteiger partial charge < -0.3 is 15.0 Å². The zero-order valence-corrected chi connectivity index (χ0v) is 12.9. The fourth-order valence-corrected chi connectivity index (χ4v) is 3.38. The number of likely N-dealkylation sites (tertiary alicyclic amines) is 1. The lowest BCUT2D eigenvalue weighted by Gasteiger charge is -2.20. The summed E-state index contributed by atoms with van der Waals surface area (Å²) >= 11 is 0. The van der Waals surface area contributed by atoms with E-state index in [0.717, 1.165) is 45.2 Å². The first-order chi connectivity index (χ1) is 11.1. The van der Waals surface area contributed by atoms with Gasteiger partial charge in [-0.05, 0) is 44.2 Å². The highest BCUT2D eigenvalue weighted by atomic mass is 19.3. The van der Waals surface area contributed by atoms with Crippen LogP contribution in [0.5, 0.6) is 5.75 Å². The molecule has 1 aliphatic heterocycles. The van der Waals surface area contributed by atoms with E-state index in [0.29, 0.717) is 5.82 Å². The van der Waals surface area contributed by atoms with E-state index < -0.39 is 6.61 Å². The maximum absolute atomic E-state index is 12.4. The molecule has 3 rings (SSSR count). The van der Waals surface area contributed by atoms with Gasteiger partial charge in [0, 0.05) is 25.0 Å². The second-order valence-corrected chi connectivity index (χ2v) is 6.14. The minimum Gasteiger partial charge on any atom is -0.433 e. The third-order valence-corrected chi connectivity index (χ3v) is 4.51. The van der Waals surface area contributed by atoms with Crippen LogP contribution in [-0.4, -0.2) is 41.5 Å². The Balaban J connectivity index is 1.50. The van der Waals surface area contributed by atoms with Crippen LogP contribution < -0.4 is 10.1 Å². The van der Waals surface area contributed by atoms with Crippen molar-refractivity contribution in [2.45, 2.75) is 44.8 Å². The van der Waals surface area contributed by atoms with Crippen molar-refractivity contribution >= 4 is 11.7 Å². The van der Waals surface area contributed by atoms with Gasteiger partial charge in [-0.15, -0.1) is 0 Å². The Kier molecular flexibility index (Phi) is 4.93. The molecule has 1 aromatic heterocycles. The summed E-state index contributed by atoms with van der Waals surface area (Å²) < 4.78 is 28.5. The molecule has 0 unspecified atom stereocenters. The lowest BCUT2D eigenvalue weighted by atomic mass is 10.1. The number of rotatable bonds is 5. The van der Waals surface area contributed by atoms with Crippen molar-refractivity contribution in [1.29, 1.82) is 0 Å². The summed E-state index contributed by atoms with van der Waals surface area (Å²) in [5.41, 5.74) is 0. The fraction of sp³-hybridized carbons (Fsp3) is 0.625. The number of pyridine rings is 1. The van der Waals surface area contributed by atoms with E-state index in [1.165, 1.54) is 12.3 Å². The van der Waals surface area contributed by atoms with Crippen molar-refractivity contribution in [2.24, 2.45) is 5.92 Å². The number of carbonyl (C=O) groups is 1. The monoisotopic (exact) mass is 325 g/mol. The lowest BCUT2D eigenvalue weighted by Crippen LogP contribution is -2.33. The van der Waals surface area contributed by atoms with Gasteiger partial charge in [-0.2, -0.15) is 8.78 Å². The molecule has 1 N–H and O–H groups in total. The second-order valence-electron chi connectivity index (χ2n) is 6.14. The van der Waals surface area contributed by atoms with Gasteiger partial charge in [0.05, 0.1) is 6.20 Å². The van der Waals surface area contributed by atoms with Crippen LogP contribution in [0, 0.1) is 5.92 Å². The molecule has 0 aromatic carbocycles. The number of anilines is 1. The molecule has 1 aliphatic carbocycles. The van der Waals surface area contributed by atoms with E-state index in [9.17, 15) is 13.6 Å². The van der Waals surface area contributed by atoms with Crippen molar-refractivity contribution in [3.05, 3.63) is 18.3 Å². The Morgan fingerprint density at radius 3 is 2.74 bits per heavy atom. The van der Waals surface area contributed by atoms with Crippen molar-refractivity contribution in [2.75, 3.05) is 18.4 Å². The van der Waals surface area contributed by atoms with E-state index in [4.69, 9.17) is 0 Å². The SMILES string of the molecule is O=C([C@@H]1CC[C@H](Nc2ccc(OC(F)F)cn2)C1)N1CCCC1. The number of nitrogens with zero attached hydrogens (tertiary/aromatic N) is 2. The molecule has 1 saturated heterocycles. The molecule has 23 heavy (non-hydrogen) atoms. The Morgan fingerprint density at radius 1 is 1.30 bits per heavy atom. The number of alkyl halides is 2. The standard InChI is InChI=1S/C16H21F2N3O2/c17-16(18)23-13-5-6-14(19-10-13)20-12-4-3-11(9-12)15(22)21-7-1-2-8-21/h5-6,10-12,16H,1-4,7-9H2,(H,19,20)/t11-,12+/m1/s1. The van der Waals surface area contributed by atoms with E-state index in [2.05, 4.69) is 15.0 Å². The number of aromatic nitrogens is 1. The Hall–Kier alpha value is -1.92. The summed E-state index contributed by atoms with van der Waals surface area (Å²) in [5.74, 6) is 1.03.